The van der Waals surface area contributed by atoms with Gasteiger partial charge in [-0.3, -0.25) is 4.79 Å². The minimum absolute atomic E-state index is 0.0131. The molecule has 1 amide bonds. The van der Waals surface area contributed by atoms with Crippen LogP contribution >= 0.6 is 11.6 Å². The Morgan fingerprint density at radius 3 is 2.54 bits per heavy atom. The summed E-state index contributed by atoms with van der Waals surface area (Å²) in [7, 11) is -3.75. The highest BCUT2D eigenvalue weighted by molar-refractivity contribution is 7.89. The maximum Gasteiger partial charge on any atom is 0.254 e. The van der Waals surface area contributed by atoms with Crippen molar-refractivity contribution in [1.29, 1.82) is 0 Å². The van der Waals surface area contributed by atoms with E-state index < -0.39 is 10.0 Å². The van der Waals surface area contributed by atoms with Crippen LogP contribution in [0.1, 0.15) is 48.9 Å². The van der Waals surface area contributed by atoms with Crippen LogP contribution in [0.25, 0.3) is 0 Å². The molecule has 0 bridgehead atoms. The van der Waals surface area contributed by atoms with Crippen molar-refractivity contribution >= 4 is 27.5 Å². The van der Waals surface area contributed by atoms with E-state index in [0.717, 1.165) is 25.8 Å². The lowest BCUT2D eigenvalue weighted by molar-refractivity contribution is 0.0390. The lowest BCUT2D eigenvalue weighted by Crippen LogP contribution is -2.49. The van der Waals surface area contributed by atoms with Gasteiger partial charge in [0.25, 0.3) is 5.91 Å². The molecule has 8 heteroatoms. The lowest BCUT2D eigenvalue weighted by Gasteiger charge is -2.44. The van der Waals surface area contributed by atoms with Gasteiger partial charge in [-0.1, -0.05) is 24.4 Å². The Balaban J connectivity index is 1.62. The third-order valence-corrected chi connectivity index (χ3v) is 8.65. The highest BCUT2D eigenvalue weighted by atomic mass is 35.5. The number of likely N-dealkylation sites (tertiary alicyclic amines) is 1. The molecule has 28 heavy (non-hydrogen) atoms. The summed E-state index contributed by atoms with van der Waals surface area (Å²) in [6, 6.07) is 4.92. The normalized spacial score (nSPS) is 26.7. The Bertz CT molecular complexity index is 837. The maximum atomic E-state index is 13.3. The molecule has 0 radical (unpaired) electrons. The number of hydrogen-bond donors (Lipinski definition) is 0. The van der Waals surface area contributed by atoms with Crippen molar-refractivity contribution in [3.05, 3.63) is 28.8 Å². The molecule has 2 heterocycles. The summed E-state index contributed by atoms with van der Waals surface area (Å²) >= 11 is 6.24. The van der Waals surface area contributed by atoms with E-state index in [4.69, 9.17) is 16.3 Å². The number of ether oxygens (including phenoxy) is 1. The van der Waals surface area contributed by atoms with E-state index in [9.17, 15) is 13.2 Å². The van der Waals surface area contributed by atoms with Gasteiger partial charge in [0, 0.05) is 31.2 Å². The van der Waals surface area contributed by atoms with Crippen LogP contribution in [0.4, 0.5) is 0 Å². The van der Waals surface area contributed by atoms with Crippen molar-refractivity contribution in [1.82, 2.24) is 9.21 Å². The van der Waals surface area contributed by atoms with Gasteiger partial charge in [-0.15, -0.1) is 0 Å². The molecule has 1 aromatic rings. The van der Waals surface area contributed by atoms with E-state index in [1.54, 1.807) is 6.07 Å². The number of nitrogens with zero attached hydrogens (tertiary/aromatic N) is 2. The van der Waals surface area contributed by atoms with E-state index in [1.807, 2.05) is 4.90 Å². The molecule has 2 aliphatic heterocycles. The second kappa shape index (κ2) is 8.30. The number of benzene rings is 1. The number of piperidine rings is 1. The van der Waals surface area contributed by atoms with Crippen molar-refractivity contribution in [3.63, 3.8) is 0 Å². The maximum absolute atomic E-state index is 13.3. The van der Waals surface area contributed by atoms with Crippen LogP contribution in [0.5, 0.6) is 0 Å². The molecule has 0 aromatic heterocycles. The number of fused-ring (bicyclic) bond motifs is 1. The summed E-state index contributed by atoms with van der Waals surface area (Å²) in [6.07, 6.45) is 6.83. The average Bonchev–Trinajstić information content (AvgIpc) is 2.73. The van der Waals surface area contributed by atoms with Crippen molar-refractivity contribution in [2.75, 3.05) is 32.8 Å². The van der Waals surface area contributed by atoms with Gasteiger partial charge in [-0.05, 0) is 49.8 Å². The fourth-order valence-corrected chi connectivity index (χ4v) is 6.71. The van der Waals surface area contributed by atoms with Crippen molar-refractivity contribution in [2.24, 2.45) is 5.92 Å². The Labute approximate surface area is 171 Å². The molecule has 2 atom stereocenters. The molecule has 3 aliphatic rings. The topological polar surface area (TPSA) is 66.9 Å². The molecule has 1 saturated carbocycles. The zero-order valence-electron chi connectivity index (χ0n) is 16.0. The molecule has 1 aromatic carbocycles. The van der Waals surface area contributed by atoms with E-state index in [0.29, 0.717) is 37.8 Å². The van der Waals surface area contributed by atoms with Crippen LogP contribution in [0, 0.1) is 5.92 Å². The zero-order valence-corrected chi connectivity index (χ0v) is 17.6. The quantitative estimate of drug-likeness (QED) is 0.744. The summed E-state index contributed by atoms with van der Waals surface area (Å²) in [5.41, 5.74) is 0.405. The third kappa shape index (κ3) is 3.82. The Hall–Kier alpha value is -1.15. The Morgan fingerprint density at radius 1 is 1.04 bits per heavy atom. The zero-order chi connectivity index (χ0) is 19.7. The number of carbonyl (C=O) groups is 1. The fraction of sp³-hybridized carbons (Fsp3) is 0.650. The van der Waals surface area contributed by atoms with Crippen LogP contribution in [-0.4, -0.2) is 62.4 Å². The molecule has 1 aliphatic carbocycles. The monoisotopic (exact) mass is 426 g/mol. The van der Waals surface area contributed by atoms with Gasteiger partial charge in [0.15, 0.2) is 0 Å². The molecular formula is C20H27ClN2O4S. The van der Waals surface area contributed by atoms with Crippen LogP contribution < -0.4 is 0 Å². The number of halogens is 1. The third-order valence-electron chi connectivity index (χ3n) is 6.27. The summed E-state index contributed by atoms with van der Waals surface area (Å²) in [4.78, 5) is 15.3. The second-order valence-corrected chi connectivity index (χ2v) is 10.2. The number of carbonyl (C=O) groups excluding carboxylic acids is 1. The lowest BCUT2D eigenvalue weighted by atomic mass is 9.78. The van der Waals surface area contributed by atoms with Gasteiger partial charge in [0.1, 0.15) is 4.90 Å². The minimum Gasteiger partial charge on any atom is -0.379 e. The summed E-state index contributed by atoms with van der Waals surface area (Å²) in [5, 5.41) is 0.150. The highest BCUT2D eigenvalue weighted by Gasteiger charge is 2.36. The Morgan fingerprint density at radius 2 is 1.75 bits per heavy atom. The van der Waals surface area contributed by atoms with Crippen molar-refractivity contribution in [2.45, 2.75) is 49.5 Å². The van der Waals surface area contributed by atoms with Gasteiger partial charge in [0.05, 0.1) is 18.2 Å². The molecule has 2 saturated heterocycles. The predicted molar refractivity (Wildman–Crippen MR) is 107 cm³/mol. The summed E-state index contributed by atoms with van der Waals surface area (Å²) in [5.74, 6) is 0.502. The number of sulfonamides is 1. The van der Waals surface area contributed by atoms with Gasteiger partial charge < -0.3 is 9.64 Å². The van der Waals surface area contributed by atoms with Gasteiger partial charge in [0.2, 0.25) is 10.0 Å². The number of amides is 1. The largest absolute Gasteiger partial charge is 0.379 e. The smallest absolute Gasteiger partial charge is 0.254 e. The van der Waals surface area contributed by atoms with E-state index >= 15 is 0 Å². The second-order valence-electron chi connectivity index (χ2n) is 7.91. The Kier molecular flexibility index (Phi) is 5.97. The highest BCUT2D eigenvalue weighted by Crippen LogP contribution is 2.36. The van der Waals surface area contributed by atoms with E-state index in [2.05, 4.69) is 0 Å². The summed E-state index contributed by atoms with van der Waals surface area (Å²) < 4.78 is 32.7. The number of hydrogen-bond acceptors (Lipinski definition) is 4. The molecule has 0 spiro atoms. The van der Waals surface area contributed by atoms with Crippen LogP contribution in [0.3, 0.4) is 0 Å². The van der Waals surface area contributed by atoms with Crippen molar-refractivity contribution in [3.8, 4) is 0 Å². The minimum atomic E-state index is -3.75. The standard InChI is InChI=1S/C20H27ClN2O4S/c21-17-8-7-16(14-19(17)28(25,26)22-10-12-27-13-11-22)20(24)23-9-3-5-15-4-1-2-6-18(15)23/h7-8,14-15,18H,1-6,9-13H2/t15-,18+/m0/s1. The number of rotatable bonds is 3. The first kappa shape index (κ1) is 20.1. The van der Waals surface area contributed by atoms with Gasteiger partial charge in [-0.25, -0.2) is 8.42 Å². The molecule has 0 unspecified atom stereocenters. The van der Waals surface area contributed by atoms with Gasteiger partial charge >= 0.3 is 0 Å². The SMILES string of the molecule is O=C(c1ccc(Cl)c(S(=O)(=O)N2CCOCC2)c1)N1CCC[C@@H]2CCCC[C@H]21. The van der Waals surface area contributed by atoms with Gasteiger partial charge in [-0.2, -0.15) is 4.31 Å². The fourth-order valence-electron chi connectivity index (χ4n) is 4.80. The van der Waals surface area contributed by atoms with E-state index in [-0.39, 0.29) is 21.9 Å². The average molecular weight is 427 g/mol. The summed E-state index contributed by atoms with van der Waals surface area (Å²) in [6.45, 7) is 2.08. The number of morpholine rings is 1. The van der Waals surface area contributed by atoms with Crippen LogP contribution in [0.2, 0.25) is 5.02 Å². The molecule has 154 valence electrons. The first-order valence-corrected chi connectivity index (χ1v) is 12.0. The molecule has 6 nitrogen and oxygen atoms in total. The van der Waals surface area contributed by atoms with Crippen LogP contribution in [-0.2, 0) is 14.8 Å². The first-order valence-electron chi connectivity index (χ1n) is 10.2. The van der Waals surface area contributed by atoms with Crippen molar-refractivity contribution < 1.29 is 17.9 Å². The first-order chi connectivity index (χ1) is 13.5. The molecule has 4 rings (SSSR count). The molecule has 3 fully saturated rings. The van der Waals surface area contributed by atoms with E-state index in [1.165, 1.54) is 35.7 Å². The molecule has 0 N–H and O–H groups in total. The predicted octanol–water partition coefficient (Wildman–Crippen LogP) is 3.16. The van der Waals surface area contributed by atoms with Crippen LogP contribution in [0.15, 0.2) is 23.1 Å². The molecular weight excluding hydrogens is 400 g/mol.